The highest BCUT2D eigenvalue weighted by atomic mass is 16.4. The number of unbranched alkanes of at least 4 members (excludes halogenated alkanes) is 1. The van der Waals surface area contributed by atoms with Crippen molar-refractivity contribution in [3.8, 4) is 0 Å². The van der Waals surface area contributed by atoms with Crippen molar-refractivity contribution in [3.63, 3.8) is 0 Å². The molecule has 0 radical (unpaired) electrons. The predicted molar refractivity (Wildman–Crippen MR) is 135 cm³/mol. The first-order valence-corrected chi connectivity index (χ1v) is 12.6. The fourth-order valence-corrected chi connectivity index (χ4v) is 3.28. The number of hydrogen-bond acceptors (Lipinski definition) is 7. The minimum absolute atomic E-state index is 0.0607. The number of aliphatic carboxylic acids is 2. The van der Waals surface area contributed by atoms with Gasteiger partial charge >= 0.3 is 11.9 Å². The molecular formula is C24H43N5O8. The highest BCUT2D eigenvalue weighted by molar-refractivity contribution is 5.94. The molecular weight excluding hydrogens is 486 g/mol. The summed E-state index contributed by atoms with van der Waals surface area (Å²) in [6, 6.07) is -4.21. The quantitative estimate of drug-likeness (QED) is 0.124. The third-order valence-electron chi connectivity index (χ3n) is 5.54. The summed E-state index contributed by atoms with van der Waals surface area (Å²) in [7, 11) is 0. The van der Waals surface area contributed by atoms with Crippen LogP contribution in [-0.4, -0.2) is 76.5 Å². The van der Waals surface area contributed by atoms with Crippen molar-refractivity contribution in [1.82, 2.24) is 21.3 Å². The van der Waals surface area contributed by atoms with Gasteiger partial charge in [0.2, 0.25) is 23.6 Å². The summed E-state index contributed by atoms with van der Waals surface area (Å²) in [6.45, 7) is 8.71. The van der Waals surface area contributed by atoms with Gasteiger partial charge in [-0.05, 0) is 31.1 Å². The van der Waals surface area contributed by atoms with Crippen LogP contribution in [0.2, 0.25) is 0 Å². The van der Waals surface area contributed by atoms with E-state index in [-0.39, 0.29) is 24.7 Å². The van der Waals surface area contributed by atoms with Crippen LogP contribution < -0.4 is 27.0 Å². The van der Waals surface area contributed by atoms with Crippen LogP contribution in [0, 0.1) is 11.8 Å². The minimum Gasteiger partial charge on any atom is -0.481 e. The van der Waals surface area contributed by atoms with Crippen LogP contribution in [0.15, 0.2) is 0 Å². The summed E-state index contributed by atoms with van der Waals surface area (Å²) in [5.41, 5.74) is 5.86. The van der Waals surface area contributed by atoms with E-state index in [1.54, 1.807) is 13.8 Å². The van der Waals surface area contributed by atoms with Gasteiger partial charge in [-0.2, -0.15) is 0 Å². The normalized spacial score (nSPS) is 14.3. The molecule has 212 valence electrons. The van der Waals surface area contributed by atoms with Crippen molar-refractivity contribution < 1.29 is 39.0 Å². The molecule has 4 atom stereocenters. The fourth-order valence-electron chi connectivity index (χ4n) is 3.28. The van der Waals surface area contributed by atoms with Gasteiger partial charge in [0, 0.05) is 6.42 Å². The van der Waals surface area contributed by atoms with E-state index in [1.165, 1.54) is 0 Å². The Labute approximate surface area is 217 Å². The number of rotatable bonds is 18. The minimum atomic E-state index is -1.43. The molecule has 0 unspecified atom stereocenters. The fraction of sp³-hybridized carbons (Fsp3) is 0.750. The summed E-state index contributed by atoms with van der Waals surface area (Å²) in [5.74, 6) is -5.18. The van der Waals surface area contributed by atoms with Gasteiger partial charge in [-0.3, -0.25) is 24.0 Å². The summed E-state index contributed by atoms with van der Waals surface area (Å²) >= 11 is 0. The highest BCUT2D eigenvalue weighted by Crippen LogP contribution is 2.07. The van der Waals surface area contributed by atoms with Crippen LogP contribution in [-0.2, 0) is 28.8 Å². The smallest absolute Gasteiger partial charge is 0.326 e. The van der Waals surface area contributed by atoms with E-state index in [4.69, 9.17) is 10.8 Å². The number of amides is 4. The lowest BCUT2D eigenvalue weighted by atomic mass is 10.0. The van der Waals surface area contributed by atoms with Crippen molar-refractivity contribution in [1.29, 1.82) is 0 Å². The molecule has 0 heterocycles. The monoisotopic (exact) mass is 529 g/mol. The zero-order valence-corrected chi connectivity index (χ0v) is 22.3. The Bertz CT molecular complexity index is 802. The summed E-state index contributed by atoms with van der Waals surface area (Å²) in [5, 5.41) is 27.9. The summed E-state index contributed by atoms with van der Waals surface area (Å²) in [4.78, 5) is 72.4. The summed E-state index contributed by atoms with van der Waals surface area (Å²) < 4.78 is 0. The van der Waals surface area contributed by atoms with Gasteiger partial charge < -0.3 is 37.2 Å². The molecule has 0 rings (SSSR count). The largest absolute Gasteiger partial charge is 0.481 e. The lowest BCUT2D eigenvalue weighted by molar-refractivity contribution is -0.143. The molecule has 13 nitrogen and oxygen atoms in total. The molecule has 0 aromatic rings. The van der Waals surface area contributed by atoms with Gasteiger partial charge in [0.25, 0.3) is 0 Å². The molecule has 0 bridgehead atoms. The first kappa shape index (κ1) is 33.8. The van der Waals surface area contributed by atoms with Crippen molar-refractivity contribution >= 4 is 35.6 Å². The Hall–Kier alpha value is -3.22. The van der Waals surface area contributed by atoms with Crippen LogP contribution in [0.3, 0.4) is 0 Å². The number of nitrogens with one attached hydrogen (secondary N) is 4. The molecule has 0 saturated carbocycles. The maximum atomic E-state index is 12.7. The van der Waals surface area contributed by atoms with E-state index >= 15 is 0 Å². The van der Waals surface area contributed by atoms with Crippen molar-refractivity contribution in [3.05, 3.63) is 0 Å². The van der Waals surface area contributed by atoms with Crippen LogP contribution >= 0.6 is 0 Å². The van der Waals surface area contributed by atoms with Gasteiger partial charge in [-0.15, -0.1) is 0 Å². The van der Waals surface area contributed by atoms with E-state index in [2.05, 4.69) is 21.3 Å². The Balaban J connectivity index is 5.19. The molecule has 0 aromatic heterocycles. The zero-order valence-electron chi connectivity index (χ0n) is 22.3. The maximum absolute atomic E-state index is 12.7. The lowest BCUT2D eigenvalue weighted by Crippen LogP contribution is -2.55. The Morgan fingerprint density at radius 1 is 0.784 bits per heavy atom. The van der Waals surface area contributed by atoms with Gasteiger partial charge in [0.15, 0.2) is 0 Å². The molecule has 37 heavy (non-hydrogen) atoms. The molecule has 13 heteroatoms. The number of carboxylic acid groups (broad SMARTS) is 2. The first-order valence-electron chi connectivity index (χ1n) is 12.6. The predicted octanol–water partition coefficient (Wildman–Crippen LogP) is -0.274. The van der Waals surface area contributed by atoms with E-state index < -0.39 is 72.7 Å². The van der Waals surface area contributed by atoms with Crippen molar-refractivity contribution in [2.24, 2.45) is 17.6 Å². The van der Waals surface area contributed by atoms with Crippen molar-refractivity contribution in [2.45, 2.75) is 97.3 Å². The topological polar surface area (TPSA) is 217 Å². The molecule has 4 amide bonds. The molecule has 0 aliphatic carbocycles. The van der Waals surface area contributed by atoms with Crippen LogP contribution in [0.4, 0.5) is 0 Å². The molecule has 0 aromatic carbocycles. The van der Waals surface area contributed by atoms with Gasteiger partial charge in [0.1, 0.15) is 18.1 Å². The number of hydrogen-bond donors (Lipinski definition) is 7. The van der Waals surface area contributed by atoms with Crippen LogP contribution in [0.1, 0.15) is 73.1 Å². The number of carbonyl (C=O) groups excluding carboxylic acids is 4. The molecule has 0 aliphatic heterocycles. The van der Waals surface area contributed by atoms with Crippen molar-refractivity contribution in [2.75, 3.05) is 6.54 Å². The van der Waals surface area contributed by atoms with E-state index in [0.717, 1.165) is 0 Å². The molecule has 8 N–H and O–H groups in total. The Morgan fingerprint density at radius 3 is 1.86 bits per heavy atom. The molecule has 0 fully saturated rings. The third-order valence-corrected chi connectivity index (χ3v) is 5.54. The van der Waals surface area contributed by atoms with Crippen LogP contribution in [0.5, 0.6) is 0 Å². The lowest BCUT2D eigenvalue weighted by Gasteiger charge is -2.24. The second-order valence-corrected chi connectivity index (χ2v) is 9.77. The molecule has 0 saturated heterocycles. The maximum Gasteiger partial charge on any atom is 0.326 e. The van der Waals surface area contributed by atoms with E-state index in [9.17, 15) is 33.9 Å². The number of carbonyl (C=O) groups is 6. The van der Waals surface area contributed by atoms with Gasteiger partial charge in [0.05, 0.1) is 12.6 Å². The zero-order chi connectivity index (χ0) is 28.7. The molecule has 0 spiro atoms. The van der Waals surface area contributed by atoms with E-state index in [0.29, 0.717) is 19.3 Å². The van der Waals surface area contributed by atoms with Gasteiger partial charge in [-0.25, -0.2) is 4.79 Å². The third kappa shape index (κ3) is 14.2. The Morgan fingerprint density at radius 2 is 1.38 bits per heavy atom. The second kappa shape index (κ2) is 17.3. The Kier molecular flexibility index (Phi) is 15.8. The second-order valence-electron chi connectivity index (χ2n) is 9.77. The van der Waals surface area contributed by atoms with E-state index in [1.807, 2.05) is 20.8 Å². The SMILES string of the molecule is CCCC[C@H](NC(=O)CNC(=O)[C@H](CC(C)C)NC(=O)[C@@H](N)C(C)C)C(=O)N[C@@H](CCC(=O)O)C(=O)O. The number of carboxylic acids is 2. The highest BCUT2D eigenvalue weighted by Gasteiger charge is 2.28. The summed E-state index contributed by atoms with van der Waals surface area (Å²) in [6.07, 6.45) is 1.02. The number of nitrogens with two attached hydrogens (primary N) is 1. The average Bonchev–Trinajstić information content (AvgIpc) is 2.80. The molecule has 0 aliphatic rings. The van der Waals surface area contributed by atoms with Crippen LogP contribution in [0.25, 0.3) is 0 Å². The standard InChI is InChI=1S/C24H43N5O8/c1-6-7-8-15(22(34)28-16(24(36)37)9-10-19(31)32)27-18(30)12-26-21(33)17(11-13(2)3)29-23(35)20(25)14(4)5/h13-17,20H,6-12,25H2,1-5H3,(H,26,33)(H,27,30)(H,28,34)(H,29,35)(H,31,32)(H,36,37)/t15-,16-,17-,20-/m0/s1. The van der Waals surface area contributed by atoms with Gasteiger partial charge in [-0.1, -0.05) is 47.5 Å². The first-order chi connectivity index (χ1) is 17.2. The average molecular weight is 530 g/mol.